The zero-order valence-corrected chi connectivity index (χ0v) is 22.7. The van der Waals surface area contributed by atoms with Gasteiger partial charge in [-0.1, -0.05) is 62.4 Å². The third kappa shape index (κ3) is 6.13. The van der Waals surface area contributed by atoms with Gasteiger partial charge in [-0.15, -0.1) is 0 Å². The van der Waals surface area contributed by atoms with E-state index >= 15 is 0 Å². The molecule has 6 heteroatoms. The number of carbonyl (C=O) groups excluding carboxylic acids is 1. The number of rotatable bonds is 9. The van der Waals surface area contributed by atoms with Crippen molar-refractivity contribution in [2.75, 3.05) is 38.2 Å². The second-order valence-corrected chi connectivity index (χ2v) is 10.3. The van der Waals surface area contributed by atoms with Crippen LogP contribution in [0, 0.1) is 5.82 Å². The van der Waals surface area contributed by atoms with Gasteiger partial charge in [0.25, 0.3) is 5.91 Å². The summed E-state index contributed by atoms with van der Waals surface area (Å²) in [6.45, 7) is 9.38. The molecule has 0 aliphatic carbocycles. The molecule has 0 atom stereocenters. The Morgan fingerprint density at radius 1 is 0.872 bits per heavy atom. The summed E-state index contributed by atoms with van der Waals surface area (Å²) >= 11 is 0. The highest BCUT2D eigenvalue weighted by molar-refractivity contribution is 6.12. The van der Waals surface area contributed by atoms with E-state index < -0.39 is 0 Å². The number of ether oxygens (including phenoxy) is 1. The quantitative estimate of drug-likeness (QED) is 0.254. The zero-order chi connectivity index (χ0) is 27.2. The van der Waals surface area contributed by atoms with Crippen LogP contribution >= 0.6 is 0 Å². The van der Waals surface area contributed by atoms with Crippen molar-refractivity contribution in [3.8, 4) is 22.4 Å². The molecule has 1 saturated heterocycles. The van der Waals surface area contributed by atoms with E-state index in [0.29, 0.717) is 5.56 Å². The molecule has 1 aromatic heterocycles. The van der Waals surface area contributed by atoms with Crippen molar-refractivity contribution in [2.24, 2.45) is 0 Å². The van der Waals surface area contributed by atoms with Gasteiger partial charge in [-0.05, 0) is 59.9 Å². The van der Waals surface area contributed by atoms with Gasteiger partial charge in [-0.2, -0.15) is 0 Å². The van der Waals surface area contributed by atoms with Crippen LogP contribution in [0.4, 0.5) is 10.1 Å². The van der Waals surface area contributed by atoms with E-state index in [1.54, 1.807) is 0 Å². The second kappa shape index (κ2) is 12.4. The smallest absolute Gasteiger partial charge is 0.258 e. The molecular formula is C33H36FN3O2. The predicted octanol–water partition coefficient (Wildman–Crippen LogP) is 7.06. The Morgan fingerprint density at radius 3 is 2.15 bits per heavy atom. The Bertz CT molecular complexity index is 1380. The lowest BCUT2D eigenvalue weighted by atomic mass is 9.94. The minimum atomic E-state index is -0.281. The monoisotopic (exact) mass is 525 g/mol. The Hall–Kier alpha value is -3.74. The van der Waals surface area contributed by atoms with E-state index in [4.69, 9.17) is 4.74 Å². The molecule has 0 saturated carbocycles. The summed E-state index contributed by atoms with van der Waals surface area (Å²) in [5.74, 6) is -0.336. The van der Waals surface area contributed by atoms with E-state index in [1.807, 2.05) is 72.8 Å². The second-order valence-electron chi connectivity index (χ2n) is 10.3. The van der Waals surface area contributed by atoms with Gasteiger partial charge in [0.2, 0.25) is 0 Å². The number of benzene rings is 3. The highest BCUT2D eigenvalue weighted by Gasteiger charge is 2.30. The number of anilines is 1. The maximum atomic E-state index is 14.1. The molecule has 4 aromatic rings. The Morgan fingerprint density at radius 2 is 1.51 bits per heavy atom. The summed E-state index contributed by atoms with van der Waals surface area (Å²) < 4.78 is 21.9. The number of aromatic nitrogens is 1. The van der Waals surface area contributed by atoms with Crippen LogP contribution in [0.1, 0.15) is 42.2 Å². The SMILES string of the molecule is CC(C)c1c(C(=O)Nc2ccccc2)c(-c2ccccc2)c(-c2ccc(F)cc2)n1CCCN1CCOCC1. The van der Waals surface area contributed by atoms with Crippen molar-refractivity contribution in [3.05, 3.63) is 102 Å². The number of nitrogens with zero attached hydrogens (tertiary/aromatic N) is 2. The summed E-state index contributed by atoms with van der Waals surface area (Å²) in [6.07, 6.45) is 0.927. The molecule has 0 spiro atoms. The van der Waals surface area contributed by atoms with Crippen molar-refractivity contribution in [2.45, 2.75) is 32.7 Å². The largest absolute Gasteiger partial charge is 0.379 e. The first-order chi connectivity index (χ1) is 19.0. The first-order valence-corrected chi connectivity index (χ1v) is 13.8. The van der Waals surface area contributed by atoms with E-state index in [2.05, 4.69) is 28.6 Å². The summed E-state index contributed by atoms with van der Waals surface area (Å²) in [6, 6.07) is 26.2. The van der Waals surface area contributed by atoms with Gasteiger partial charge >= 0.3 is 0 Å². The van der Waals surface area contributed by atoms with Gasteiger partial charge in [-0.3, -0.25) is 9.69 Å². The van der Waals surface area contributed by atoms with Crippen LogP contribution in [0.15, 0.2) is 84.9 Å². The number of hydrogen-bond acceptors (Lipinski definition) is 3. The molecule has 1 fully saturated rings. The van der Waals surface area contributed by atoms with Crippen molar-refractivity contribution >= 4 is 11.6 Å². The minimum Gasteiger partial charge on any atom is -0.379 e. The van der Waals surface area contributed by atoms with Crippen molar-refractivity contribution in [1.29, 1.82) is 0 Å². The lowest BCUT2D eigenvalue weighted by Gasteiger charge is -2.27. The highest BCUT2D eigenvalue weighted by atomic mass is 19.1. The maximum Gasteiger partial charge on any atom is 0.258 e. The molecule has 3 aromatic carbocycles. The lowest BCUT2D eigenvalue weighted by molar-refractivity contribution is 0.0369. The number of carbonyl (C=O) groups is 1. The maximum absolute atomic E-state index is 14.1. The third-order valence-corrected chi connectivity index (χ3v) is 7.25. The van der Waals surface area contributed by atoms with Crippen LogP contribution in [0.2, 0.25) is 0 Å². The first kappa shape index (κ1) is 26.9. The molecule has 5 nitrogen and oxygen atoms in total. The van der Waals surface area contributed by atoms with Crippen molar-refractivity contribution in [1.82, 2.24) is 9.47 Å². The molecule has 2 heterocycles. The van der Waals surface area contributed by atoms with Crippen molar-refractivity contribution < 1.29 is 13.9 Å². The number of para-hydroxylation sites is 1. The molecule has 5 rings (SSSR count). The van der Waals surface area contributed by atoms with Crippen LogP contribution in [0.5, 0.6) is 0 Å². The van der Waals surface area contributed by atoms with Gasteiger partial charge in [0.15, 0.2) is 0 Å². The topological polar surface area (TPSA) is 46.5 Å². The lowest BCUT2D eigenvalue weighted by Crippen LogP contribution is -2.37. The number of halogens is 1. The van der Waals surface area contributed by atoms with Gasteiger partial charge in [0.05, 0.1) is 24.5 Å². The van der Waals surface area contributed by atoms with Crippen LogP contribution in [0.25, 0.3) is 22.4 Å². The Labute approximate surface area is 230 Å². The fourth-order valence-corrected chi connectivity index (χ4v) is 5.49. The minimum absolute atomic E-state index is 0.0848. The fourth-order valence-electron chi connectivity index (χ4n) is 5.49. The summed E-state index contributed by atoms with van der Waals surface area (Å²) in [5.41, 5.74) is 6.09. The van der Waals surface area contributed by atoms with Crippen molar-refractivity contribution in [3.63, 3.8) is 0 Å². The van der Waals surface area contributed by atoms with Crippen LogP contribution in [-0.4, -0.2) is 48.2 Å². The summed E-state index contributed by atoms with van der Waals surface area (Å²) in [4.78, 5) is 16.5. The Kier molecular flexibility index (Phi) is 8.54. The molecule has 0 unspecified atom stereocenters. The molecule has 1 aliphatic rings. The number of amides is 1. The normalized spacial score (nSPS) is 14.1. The molecule has 1 amide bonds. The number of hydrogen-bond donors (Lipinski definition) is 1. The van der Waals surface area contributed by atoms with E-state index in [0.717, 1.165) is 79.6 Å². The zero-order valence-electron chi connectivity index (χ0n) is 22.7. The average molecular weight is 526 g/mol. The molecule has 0 radical (unpaired) electrons. The van der Waals surface area contributed by atoms with Crippen LogP contribution in [-0.2, 0) is 11.3 Å². The fraction of sp³-hybridized carbons (Fsp3) is 0.303. The molecular weight excluding hydrogens is 489 g/mol. The van der Waals surface area contributed by atoms with E-state index in [9.17, 15) is 9.18 Å². The highest BCUT2D eigenvalue weighted by Crippen LogP contribution is 2.42. The summed E-state index contributed by atoms with van der Waals surface area (Å²) in [7, 11) is 0. The van der Waals surface area contributed by atoms with Gasteiger partial charge < -0.3 is 14.6 Å². The number of morpholine rings is 1. The van der Waals surface area contributed by atoms with Crippen LogP contribution < -0.4 is 5.32 Å². The van der Waals surface area contributed by atoms with Gasteiger partial charge in [0, 0.05) is 43.1 Å². The van der Waals surface area contributed by atoms with Crippen LogP contribution in [0.3, 0.4) is 0 Å². The molecule has 1 N–H and O–H groups in total. The van der Waals surface area contributed by atoms with E-state index in [1.165, 1.54) is 12.1 Å². The molecule has 1 aliphatic heterocycles. The number of nitrogens with one attached hydrogen (secondary N) is 1. The molecule has 39 heavy (non-hydrogen) atoms. The third-order valence-electron chi connectivity index (χ3n) is 7.25. The first-order valence-electron chi connectivity index (χ1n) is 13.8. The molecule has 0 bridgehead atoms. The molecule has 202 valence electrons. The van der Waals surface area contributed by atoms with E-state index in [-0.39, 0.29) is 17.6 Å². The predicted molar refractivity (Wildman–Crippen MR) is 156 cm³/mol. The average Bonchev–Trinajstić information content (AvgIpc) is 3.30. The standard InChI is InChI=1S/C33H36FN3O2/c1-24(2)31-30(33(38)35-28-12-7-4-8-13-28)29(25-10-5-3-6-11-25)32(26-14-16-27(34)17-15-26)37(31)19-9-18-36-20-22-39-23-21-36/h3-8,10-17,24H,9,18-23H2,1-2H3,(H,35,38). The van der Waals surface area contributed by atoms with Gasteiger partial charge in [0.1, 0.15) is 5.82 Å². The summed E-state index contributed by atoms with van der Waals surface area (Å²) in [5, 5.41) is 3.14. The van der Waals surface area contributed by atoms with Gasteiger partial charge in [-0.25, -0.2) is 4.39 Å². The Balaban J connectivity index is 1.67.